The summed E-state index contributed by atoms with van der Waals surface area (Å²) in [4.78, 5) is 25.7. The summed E-state index contributed by atoms with van der Waals surface area (Å²) < 4.78 is 32.8. The zero-order chi connectivity index (χ0) is 19.6. The Labute approximate surface area is 154 Å². The summed E-state index contributed by atoms with van der Waals surface area (Å²) >= 11 is 0. The van der Waals surface area contributed by atoms with E-state index in [9.17, 15) is 23.5 Å². The predicted molar refractivity (Wildman–Crippen MR) is 91.9 cm³/mol. The molecule has 0 spiro atoms. The number of para-hydroxylation sites is 1. The van der Waals surface area contributed by atoms with E-state index < -0.39 is 35.2 Å². The molecule has 142 valence electrons. The van der Waals surface area contributed by atoms with Crippen LogP contribution >= 0.6 is 0 Å². The minimum absolute atomic E-state index is 0.0305. The summed E-state index contributed by atoms with van der Waals surface area (Å²) in [5, 5.41) is 12.6. The molecule has 1 fully saturated rings. The van der Waals surface area contributed by atoms with E-state index in [4.69, 9.17) is 4.74 Å². The van der Waals surface area contributed by atoms with Crippen LogP contribution in [-0.2, 0) is 10.3 Å². The number of ether oxygens (including phenoxy) is 1. The number of aliphatic hydroxyl groups is 1. The van der Waals surface area contributed by atoms with E-state index in [1.165, 1.54) is 43.3 Å². The number of urea groups is 1. The zero-order valence-electron chi connectivity index (χ0n) is 14.5. The van der Waals surface area contributed by atoms with Crippen molar-refractivity contribution in [3.05, 3.63) is 65.7 Å². The molecule has 27 heavy (non-hydrogen) atoms. The highest BCUT2D eigenvalue weighted by Gasteiger charge is 2.50. The van der Waals surface area contributed by atoms with Crippen molar-refractivity contribution in [2.75, 3.05) is 13.2 Å². The number of aliphatic hydroxyl groups excluding tert-OH is 1. The standard InChI is InChI=1S/C19H18F2N2O4/c1-19(13-6-2-3-7-14(13)20)17(25)23(18(26)22-19)10-12(24)11-27-16-9-5-4-8-15(16)21/h2-9,12,24H,10-11H2,1H3,(H,22,26)/t12-,19+/m1/s1. The molecule has 0 bridgehead atoms. The van der Waals surface area contributed by atoms with Gasteiger partial charge in [-0.15, -0.1) is 0 Å². The molecular weight excluding hydrogens is 358 g/mol. The average molecular weight is 376 g/mol. The van der Waals surface area contributed by atoms with Gasteiger partial charge in [0, 0.05) is 5.56 Å². The molecule has 3 amide bonds. The summed E-state index contributed by atoms with van der Waals surface area (Å²) in [5.74, 6) is -1.96. The Bertz CT molecular complexity index is 876. The predicted octanol–water partition coefficient (Wildman–Crippen LogP) is 2.17. The van der Waals surface area contributed by atoms with Gasteiger partial charge in [-0.25, -0.2) is 13.6 Å². The number of β-amino-alcohol motifs (C(OH)–C–C–N with tert-alkyl or cyclic N) is 1. The first-order valence-electron chi connectivity index (χ1n) is 8.27. The van der Waals surface area contributed by atoms with Gasteiger partial charge in [0.25, 0.3) is 5.91 Å². The lowest BCUT2D eigenvalue weighted by Gasteiger charge is -2.23. The van der Waals surface area contributed by atoms with E-state index in [0.29, 0.717) is 0 Å². The van der Waals surface area contributed by atoms with Crippen LogP contribution < -0.4 is 10.1 Å². The van der Waals surface area contributed by atoms with Gasteiger partial charge in [-0.05, 0) is 25.1 Å². The fraction of sp³-hybridized carbons (Fsp3) is 0.263. The Morgan fingerprint density at radius 2 is 1.74 bits per heavy atom. The Morgan fingerprint density at radius 3 is 2.41 bits per heavy atom. The number of nitrogens with zero attached hydrogens (tertiary/aromatic N) is 1. The second kappa shape index (κ2) is 7.32. The van der Waals surface area contributed by atoms with Gasteiger partial charge in [0.1, 0.15) is 24.1 Å². The lowest BCUT2D eigenvalue weighted by atomic mass is 9.91. The van der Waals surface area contributed by atoms with E-state index >= 15 is 0 Å². The molecule has 6 nitrogen and oxygen atoms in total. The maximum atomic E-state index is 14.1. The normalized spacial score (nSPS) is 20.5. The monoisotopic (exact) mass is 376 g/mol. The van der Waals surface area contributed by atoms with Crippen LogP contribution in [0.2, 0.25) is 0 Å². The molecule has 1 aliphatic rings. The number of rotatable bonds is 6. The van der Waals surface area contributed by atoms with Gasteiger partial charge in [-0.1, -0.05) is 30.3 Å². The molecule has 1 heterocycles. The summed E-state index contributed by atoms with van der Waals surface area (Å²) in [6, 6.07) is 10.6. The van der Waals surface area contributed by atoms with Gasteiger partial charge < -0.3 is 15.2 Å². The van der Waals surface area contributed by atoms with Crippen molar-refractivity contribution >= 4 is 11.9 Å². The van der Waals surface area contributed by atoms with E-state index in [0.717, 1.165) is 4.90 Å². The highest BCUT2D eigenvalue weighted by atomic mass is 19.1. The maximum absolute atomic E-state index is 14.1. The quantitative estimate of drug-likeness (QED) is 0.758. The molecule has 2 N–H and O–H groups in total. The van der Waals surface area contributed by atoms with Gasteiger partial charge in [-0.2, -0.15) is 0 Å². The van der Waals surface area contributed by atoms with E-state index in [1.807, 2.05) is 0 Å². The third-order valence-corrected chi connectivity index (χ3v) is 4.35. The lowest BCUT2D eigenvalue weighted by molar-refractivity contribution is -0.132. The van der Waals surface area contributed by atoms with Crippen molar-refractivity contribution < 1.29 is 28.2 Å². The largest absolute Gasteiger partial charge is 0.488 e. The summed E-state index contributed by atoms with van der Waals surface area (Å²) in [6.45, 7) is 0.700. The van der Waals surface area contributed by atoms with Crippen LogP contribution in [0.15, 0.2) is 48.5 Å². The first-order chi connectivity index (χ1) is 12.8. The third-order valence-electron chi connectivity index (χ3n) is 4.35. The number of hydrogen-bond acceptors (Lipinski definition) is 4. The average Bonchev–Trinajstić information content (AvgIpc) is 2.85. The molecule has 0 radical (unpaired) electrons. The highest BCUT2D eigenvalue weighted by molar-refractivity contribution is 6.07. The Morgan fingerprint density at radius 1 is 1.11 bits per heavy atom. The summed E-state index contributed by atoms with van der Waals surface area (Å²) in [5.41, 5.74) is -1.54. The van der Waals surface area contributed by atoms with Crippen LogP contribution in [-0.4, -0.2) is 41.2 Å². The molecule has 2 aromatic carbocycles. The first kappa shape index (κ1) is 18.8. The zero-order valence-corrected chi connectivity index (χ0v) is 14.5. The Hall–Kier alpha value is -3.00. The van der Waals surface area contributed by atoms with Crippen molar-refractivity contribution in [2.45, 2.75) is 18.6 Å². The van der Waals surface area contributed by atoms with Crippen molar-refractivity contribution in [3.8, 4) is 5.75 Å². The topological polar surface area (TPSA) is 78.9 Å². The smallest absolute Gasteiger partial charge is 0.325 e. The molecule has 2 aromatic rings. The van der Waals surface area contributed by atoms with Gasteiger partial charge in [0.15, 0.2) is 11.6 Å². The van der Waals surface area contributed by atoms with Crippen molar-refractivity contribution in [1.82, 2.24) is 10.2 Å². The third kappa shape index (κ3) is 3.61. The van der Waals surface area contributed by atoms with Crippen LogP contribution in [0.3, 0.4) is 0 Å². The molecule has 0 unspecified atom stereocenters. The van der Waals surface area contributed by atoms with Crippen LogP contribution in [0.1, 0.15) is 12.5 Å². The van der Waals surface area contributed by atoms with Crippen molar-refractivity contribution in [2.24, 2.45) is 0 Å². The SMILES string of the molecule is C[C@@]1(c2ccccc2F)NC(=O)N(C[C@@H](O)COc2ccccc2F)C1=O. The van der Waals surface area contributed by atoms with Crippen LogP contribution in [0, 0.1) is 11.6 Å². The molecule has 0 aliphatic carbocycles. The fourth-order valence-corrected chi connectivity index (χ4v) is 2.92. The maximum Gasteiger partial charge on any atom is 0.325 e. The second-order valence-electron chi connectivity index (χ2n) is 6.35. The number of amides is 3. The number of carbonyl (C=O) groups is 2. The van der Waals surface area contributed by atoms with Gasteiger partial charge in [0.05, 0.1) is 6.54 Å². The number of halogens is 2. The van der Waals surface area contributed by atoms with E-state index in [2.05, 4.69) is 5.32 Å². The molecule has 2 atom stereocenters. The lowest BCUT2D eigenvalue weighted by Crippen LogP contribution is -2.43. The fourth-order valence-electron chi connectivity index (χ4n) is 2.92. The molecule has 3 rings (SSSR count). The Kier molecular flexibility index (Phi) is 5.09. The number of hydrogen-bond donors (Lipinski definition) is 2. The molecular formula is C19H18F2N2O4. The van der Waals surface area contributed by atoms with Gasteiger partial charge in [0.2, 0.25) is 0 Å². The molecule has 0 saturated carbocycles. The summed E-state index contributed by atoms with van der Waals surface area (Å²) in [7, 11) is 0. The Balaban J connectivity index is 1.69. The number of nitrogens with one attached hydrogen (secondary N) is 1. The molecule has 8 heteroatoms. The van der Waals surface area contributed by atoms with Crippen LogP contribution in [0.5, 0.6) is 5.75 Å². The highest BCUT2D eigenvalue weighted by Crippen LogP contribution is 2.30. The van der Waals surface area contributed by atoms with E-state index in [-0.39, 0.29) is 24.5 Å². The van der Waals surface area contributed by atoms with Crippen LogP contribution in [0.4, 0.5) is 13.6 Å². The minimum atomic E-state index is -1.57. The van der Waals surface area contributed by atoms with Crippen molar-refractivity contribution in [3.63, 3.8) is 0 Å². The van der Waals surface area contributed by atoms with E-state index in [1.54, 1.807) is 12.1 Å². The van der Waals surface area contributed by atoms with Crippen molar-refractivity contribution in [1.29, 1.82) is 0 Å². The number of carbonyl (C=O) groups excluding carboxylic acids is 2. The summed E-state index contributed by atoms with van der Waals surface area (Å²) in [6.07, 6.45) is -1.25. The molecule has 1 saturated heterocycles. The second-order valence-corrected chi connectivity index (χ2v) is 6.35. The minimum Gasteiger partial charge on any atom is -0.488 e. The number of benzene rings is 2. The molecule has 1 aliphatic heterocycles. The van der Waals surface area contributed by atoms with Gasteiger partial charge in [-0.3, -0.25) is 9.69 Å². The van der Waals surface area contributed by atoms with Crippen LogP contribution in [0.25, 0.3) is 0 Å². The first-order valence-corrected chi connectivity index (χ1v) is 8.27. The van der Waals surface area contributed by atoms with Gasteiger partial charge >= 0.3 is 6.03 Å². The number of imide groups is 1. The molecule has 0 aromatic heterocycles.